The van der Waals surface area contributed by atoms with E-state index in [4.69, 9.17) is 0 Å². The Morgan fingerprint density at radius 3 is 2.18 bits per heavy atom. The molecule has 4 aliphatic rings. The Labute approximate surface area is 67.2 Å². The van der Waals surface area contributed by atoms with E-state index in [2.05, 4.69) is 0 Å². The van der Waals surface area contributed by atoms with Crippen LogP contribution in [-0.4, -0.2) is 5.78 Å². The molecule has 59 valence electrons. The third-order valence-corrected chi connectivity index (χ3v) is 3.69. The summed E-state index contributed by atoms with van der Waals surface area (Å²) in [6, 6.07) is 0. The minimum atomic E-state index is 0.469. The molecule has 4 fully saturated rings. The lowest BCUT2D eigenvalue weighted by Crippen LogP contribution is -2.44. The quantitative estimate of drug-likeness (QED) is 0.514. The maximum Gasteiger partial charge on any atom is 0.143 e. The van der Waals surface area contributed by atoms with E-state index in [1.807, 2.05) is 0 Å². The third-order valence-electron chi connectivity index (χ3n) is 3.69. The van der Waals surface area contributed by atoms with Gasteiger partial charge in [-0.1, -0.05) is 0 Å². The highest BCUT2D eigenvalue weighted by atomic mass is 16.1. The molecule has 0 amide bonds. The van der Waals surface area contributed by atoms with Crippen molar-refractivity contribution in [3.8, 4) is 0 Å². The van der Waals surface area contributed by atoms with Crippen LogP contribution in [0.1, 0.15) is 32.1 Å². The van der Waals surface area contributed by atoms with Crippen molar-refractivity contribution < 1.29 is 4.79 Å². The second-order valence-corrected chi connectivity index (χ2v) is 4.51. The van der Waals surface area contributed by atoms with Gasteiger partial charge >= 0.3 is 0 Å². The molecule has 0 aromatic carbocycles. The highest BCUT2D eigenvalue weighted by molar-refractivity contribution is 5.95. The molecule has 4 rings (SSSR count). The van der Waals surface area contributed by atoms with Gasteiger partial charge in [0.25, 0.3) is 0 Å². The molecule has 0 aromatic rings. The summed E-state index contributed by atoms with van der Waals surface area (Å²) in [5.41, 5.74) is 0. The summed E-state index contributed by atoms with van der Waals surface area (Å²) < 4.78 is 0. The molecule has 0 saturated heterocycles. The molecule has 0 aliphatic heterocycles. The van der Waals surface area contributed by atoms with Crippen LogP contribution in [0.5, 0.6) is 0 Å². The first-order valence-corrected chi connectivity index (χ1v) is 4.72. The molecule has 1 nitrogen and oxygen atoms in total. The first-order valence-electron chi connectivity index (χ1n) is 4.72. The maximum absolute atomic E-state index is 11.5. The summed E-state index contributed by atoms with van der Waals surface area (Å²) in [4.78, 5) is 11.5. The van der Waals surface area contributed by atoms with E-state index in [9.17, 15) is 4.79 Å². The van der Waals surface area contributed by atoms with Gasteiger partial charge in [-0.05, 0) is 43.9 Å². The maximum atomic E-state index is 11.5. The predicted octanol–water partition coefficient (Wildman–Crippen LogP) is 1.97. The Morgan fingerprint density at radius 1 is 1.00 bits per heavy atom. The predicted molar refractivity (Wildman–Crippen MR) is 41.8 cm³/mol. The SMILES string of the molecule is O=C1[C]2CC3CC(C2)CC1C3. The Balaban J connectivity index is 1.96. The summed E-state index contributed by atoms with van der Waals surface area (Å²) in [7, 11) is 0. The monoisotopic (exact) mass is 149 g/mol. The van der Waals surface area contributed by atoms with Crippen molar-refractivity contribution in [2.24, 2.45) is 17.8 Å². The molecule has 4 saturated carbocycles. The van der Waals surface area contributed by atoms with E-state index in [1.165, 1.54) is 25.2 Å². The van der Waals surface area contributed by atoms with Crippen molar-refractivity contribution in [1.82, 2.24) is 0 Å². The van der Waals surface area contributed by atoms with Crippen LogP contribution in [0.25, 0.3) is 0 Å². The molecule has 11 heavy (non-hydrogen) atoms. The van der Waals surface area contributed by atoms with Crippen LogP contribution in [0.3, 0.4) is 0 Å². The fourth-order valence-electron chi connectivity index (χ4n) is 3.38. The second kappa shape index (κ2) is 1.88. The summed E-state index contributed by atoms with van der Waals surface area (Å²) in [5.74, 6) is 4.11. The Bertz CT molecular complexity index is 177. The van der Waals surface area contributed by atoms with Crippen molar-refractivity contribution in [1.29, 1.82) is 0 Å². The standard InChI is InChI=1S/C10H13O/c11-10-8-2-6-1-7(4-8)5-9(10)3-6/h6-8H,1-5H2. The van der Waals surface area contributed by atoms with Gasteiger partial charge in [0.05, 0.1) is 0 Å². The lowest BCUT2D eigenvalue weighted by Gasteiger charge is -2.47. The summed E-state index contributed by atoms with van der Waals surface area (Å²) in [6.45, 7) is 0. The minimum absolute atomic E-state index is 0.469. The minimum Gasteiger partial charge on any atom is -0.299 e. The molecule has 4 bridgehead atoms. The van der Waals surface area contributed by atoms with E-state index in [1.54, 1.807) is 0 Å². The van der Waals surface area contributed by atoms with Crippen LogP contribution in [0, 0.1) is 23.7 Å². The zero-order valence-electron chi connectivity index (χ0n) is 6.68. The normalized spacial score (nSPS) is 48.7. The first-order chi connectivity index (χ1) is 5.33. The van der Waals surface area contributed by atoms with Crippen LogP contribution >= 0.6 is 0 Å². The average molecular weight is 149 g/mol. The molecule has 1 radical (unpaired) electrons. The van der Waals surface area contributed by atoms with Gasteiger partial charge in [-0.2, -0.15) is 0 Å². The fraction of sp³-hybridized carbons (Fsp3) is 0.800. The van der Waals surface area contributed by atoms with E-state index < -0.39 is 0 Å². The highest BCUT2D eigenvalue weighted by Gasteiger charge is 2.47. The van der Waals surface area contributed by atoms with Crippen molar-refractivity contribution in [3.63, 3.8) is 0 Å². The molecular formula is C10H13O. The van der Waals surface area contributed by atoms with Gasteiger partial charge < -0.3 is 0 Å². The van der Waals surface area contributed by atoms with E-state index in [0.717, 1.165) is 24.7 Å². The number of ketones is 1. The lowest BCUT2D eigenvalue weighted by atomic mass is 9.56. The number of hydrogen-bond acceptors (Lipinski definition) is 1. The van der Waals surface area contributed by atoms with Gasteiger partial charge in [0.2, 0.25) is 0 Å². The molecule has 1 heteroatoms. The van der Waals surface area contributed by atoms with Gasteiger partial charge in [0.1, 0.15) is 5.78 Å². The number of carbonyl (C=O) groups is 1. The topological polar surface area (TPSA) is 17.1 Å². The van der Waals surface area contributed by atoms with Crippen LogP contribution in [-0.2, 0) is 4.79 Å². The van der Waals surface area contributed by atoms with Gasteiger partial charge in [-0.25, -0.2) is 0 Å². The zero-order chi connectivity index (χ0) is 7.42. The summed E-state index contributed by atoms with van der Waals surface area (Å²) in [5, 5.41) is 0. The second-order valence-electron chi connectivity index (χ2n) is 4.51. The van der Waals surface area contributed by atoms with Crippen molar-refractivity contribution in [3.05, 3.63) is 5.92 Å². The van der Waals surface area contributed by atoms with Crippen molar-refractivity contribution >= 4 is 5.78 Å². The molecular weight excluding hydrogens is 136 g/mol. The Hall–Kier alpha value is -0.330. The largest absolute Gasteiger partial charge is 0.299 e. The summed E-state index contributed by atoms with van der Waals surface area (Å²) in [6.07, 6.45) is 6.18. The Morgan fingerprint density at radius 2 is 1.64 bits per heavy atom. The van der Waals surface area contributed by atoms with Crippen LogP contribution < -0.4 is 0 Å². The summed E-state index contributed by atoms with van der Waals surface area (Å²) >= 11 is 0. The number of carbonyl (C=O) groups excluding carboxylic acids is 1. The van der Waals surface area contributed by atoms with E-state index >= 15 is 0 Å². The number of Topliss-reactive ketones (excluding diaryl/α,β-unsaturated/α-hetero) is 1. The van der Waals surface area contributed by atoms with E-state index in [-0.39, 0.29) is 0 Å². The highest BCUT2D eigenvalue weighted by Crippen LogP contribution is 2.52. The van der Waals surface area contributed by atoms with Crippen LogP contribution in [0.4, 0.5) is 0 Å². The number of hydrogen-bond donors (Lipinski definition) is 0. The van der Waals surface area contributed by atoms with E-state index in [0.29, 0.717) is 11.7 Å². The average Bonchev–Trinajstić information content (AvgIpc) is 1.98. The number of rotatable bonds is 0. The Kier molecular flexibility index (Phi) is 1.06. The van der Waals surface area contributed by atoms with Gasteiger partial charge in [0.15, 0.2) is 0 Å². The first kappa shape index (κ1) is 6.22. The lowest BCUT2D eigenvalue weighted by molar-refractivity contribution is -0.129. The molecule has 0 heterocycles. The van der Waals surface area contributed by atoms with Crippen molar-refractivity contribution in [2.45, 2.75) is 32.1 Å². The third kappa shape index (κ3) is 0.743. The molecule has 2 unspecified atom stereocenters. The molecule has 4 aliphatic carbocycles. The fourth-order valence-corrected chi connectivity index (χ4v) is 3.38. The molecule has 0 spiro atoms. The van der Waals surface area contributed by atoms with Crippen LogP contribution in [0.2, 0.25) is 0 Å². The zero-order valence-corrected chi connectivity index (χ0v) is 6.68. The van der Waals surface area contributed by atoms with Gasteiger partial charge in [-0.3, -0.25) is 4.79 Å². The molecule has 0 aromatic heterocycles. The molecule has 0 N–H and O–H groups in total. The molecule has 2 atom stereocenters. The van der Waals surface area contributed by atoms with Crippen molar-refractivity contribution in [2.75, 3.05) is 0 Å². The smallest absolute Gasteiger partial charge is 0.143 e. The van der Waals surface area contributed by atoms with Gasteiger partial charge in [0, 0.05) is 11.8 Å². The van der Waals surface area contributed by atoms with Crippen LogP contribution in [0.15, 0.2) is 0 Å². The van der Waals surface area contributed by atoms with Gasteiger partial charge in [-0.15, -0.1) is 0 Å².